The van der Waals surface area contributed by atoms with E-state index in [9.17, 15) is 14.4 Å². The number of benzene rings is 1. The molecule has 4 atom stereocenters. The Morgan fingerprint density at radius 3 is 2.40 bits per heavy atom. The standard InChI is InChI=1S/C23H30N2O3S2/c26-12-18-22(29-13-24-18)21(28)20-23(30-14-25-20)19(27)9-3-1-2-6-15-10-16-7-4-5-8-17(16)11-15/h4-5,7-8,12,15,18,20,22-25H,1-3,6,9-11,13-14H2/t18-,20-,22?,23?/m1/s1. The van der Waals surface area contributed by atoms with Crippen molar-refractivity contribution in [3.8, 4) is 0 Å². The number of Topliss-reactive ketones (excluding diaryl/α,β-unsaturated/α-hetero) is 2. The third kappa shape index (κ3) is 5.01. The Morgan fingerprint density at radius 2 is 1.67 bits per heavy atom. The molecule has 162 valence electrons. The number of aldehydes is 1. The summed E-state index contributed by atoms with van der Waals surface area (Å²) < 4.78 is 0. The van der Waals surface area contributed by atoms with Gasteiger partial charge in [0.15, 0.2) is 5.78 Å². The largest absolute Gasteiger partial charge is 0.302 e. The van der Waals surface area contributed by atoms with E-state index in [0.29, 0.717) is 18.2 Å². The summed E-state index contributed by atoms with van der Waals surface area (Å²) in [6.07, 6.45) is 8.09. The Bertz CT molecular complexity index is 762. The second-order valence-electron chi connectivity index (χ2n) is 8.52. The molecule has 0 saturated carbocycles. The number of thioether (sulfide) groups is 2. The van der Waals surface area contributed by atoms with E-state index in [1.165, 1.54) is 53.9 Å². The smallest absolute Gasteiger partial charge is 0.166 e. The summed E-state index contributed by atoms with van der Waals surface area (Å²) in [5.74, 6) is 2.13. The molecule has 2 N–H and O–H groups in total. The van der Waals surface area contributed by atoms with Crippen LogP contribution in [0.5, 0.6) is 0 Å². The molecule has 0 radical (unpaired) electrons. The molecule has 1 aromatic carbocycles. The minimum atomic E-state index is -0.459. The van der Waals surface area contributed by atoms with Crippen LogP contribution in [0.4, 0.5) is 0 Å². The molecule has 2 aliphatic heterocycles. The van der Waals surface area contributed by atoms with Crippen LogP contribution in [-0.4, -0.2) is 52.2 Å². The number of unbranched alkanes of at least 4 members (excludes halogenated alkanes) is 2. The summed E-state index contributed by atoms with van der Waals surface area (Å²) in [6.45, 7) is 0. The van der Waals surface area contributed by atoms with Gasteiger partial charge in [-0.1, -0.05) is 37.1 Å². The predicted octanol–water partition coefficient (Wildman–Crippen LogP) is 2.75. The first-order chi connectivity index (χ1) is 14.7. The fourth-order valence-electron chi connectivity index (χ4n) is 4.87. The topological polar surface area (TPSA) is 75.3 Å². The van der Waals surface area contributed by atoms with Crippen LogP contribution in [0.1, 0.15) is 43.2 Å². The van der Waals surface area contributed by atoms with Crippen LogP contribution in [0, 0.1) is 5.92 Å². The van der Waals surface area contributed by atoms with Crippen LogP contribution >= 0.6 is 23.5 Å². The van der Waals surface area contributed by atoms with Gasteiger partial charge < -0.3 is 4.79 Å². The number of ketones is 2. The molecule has 30 heavy (non-hydrogen) atoms. The van der Waals surface area contributed by atoms with Gasteiger partial charge in [-0.25, -0.2) is 0 Å². The molecule has 2 fully saturated rings. The predicted molar refractivity (Wildman–Crippen MR) is 123 cm³/mol. The van der Waals surface area contributed by atoms with Crippen molar-refractivity contribution in [3.05, 3.63) is 35.4 Å². The van der Waals surface area contributed by atoms with Crippen molar-refractivity contribution in [3.63, 3.8) is 0 Å². The van der Waals surface area contributed by atoms with E-state index in [0.717, 1.165) is 31.5 Å². The van der Waals surface area contributed by atoms with Crippen molar-refractivity contribution in [2.45, 2.75) is 67.5 Å². The highest BCUT2D eigenvalue weighted by Gasteiger charge is 2.44. The van der Waals surface area contributed by atoms with Crippen LogP contribution in [0.15, 0.2) is 24.3 Å². The average Bonchev–Trinajstić information content (AvgIpc) is 3.51. The zero-order chi connectivity index (χ0) is 20.9. The van der Waals surface area contributed by atoms with Crippen LogP contribution in [0.2, 0.25) is 0 Å². The fourth-order valence-corrected chi connectivity index (χ4v) is 7.19. The lowest BCUT2D eigenvalue weighted by atomic mass is 9.95. The van der Waals surface area contributed by atoms with Gasteiger partial charge in [0.2, 0.25) is 0 Å². The summed E-state index contributed by atoms with van der Waals surface area (Å²) in [7, 11) is 0. The van der Waals surface area contributed by atoms with Gasteiger partial charge in [0.05, 0.1) is 22.6 Å². The van der Waals surface area contributed by atoms with Crippen molar-refractivity contribution < 1.29 is 14.4 Å². The van der Waals surface area contributed by atoms with Gasteiger partial charge in [-0.3, -0.25) is 20.2 Å². The number of hydrogen-bond acceptors (Lipinski definition) is 7. The second-order valence-corrected chi connectivity index (χ2v) is 10.8. The van der Waals surface area contributed by atoms with Crippen LogP contribution in [0.25, 0.3) is 0 Å². The maximum atomic E-state index is 12.9. The highest BCUT2D eigenvalue weighted by Crippen LogP contribution is 2.31. The average molecular weight is 447 g/mol. The van der Waals surface area contributed by atoms with E-state index < -0.39 is 12.1 Å². The SMILES string of the molecule is O=C[C@H]1NCSC1C(=O)[C@H]1NCSC1C(=O)CCCCCC1Cc2ccccc2C1. The van der Waals surface area contributed by atoms with E-state index in [-0.39, 0.29) is 22.1 Å². The minimum absolute atomic E-state index is 0.00810. The Kier molecular flexibility index (Phi) is 7.68. The molecule has 0 spiro atoms. The normalized spacial score (nSPS) is 28.5. The summed E-state index contributed by atoms with van der Waals surface area (Å²) in [5, 5.41) is 5.53. The van der Waals surface area contributed by atoms with E-state index in [4.69, 9.17) is 0 Å². The van der Waals surface area contributed by atoms with Gasteiger partial charge in [0.1, 0.15) is 12.1 Å². The zero-order valence-corrected chi connectivity index (χ0v) is 18.8. The molecule has 1 aromatic rings. The molecular formula is C23H30N2O3S2. The highest BCUT2D eigenvalue weighted by molar-refractivity contribution is 8.01. The first-order valence-corrected chi connectivity index (χ1v) is 13.1. The molecule has 2 unspecified atom stereocenters. The van der Waals surface area contributed by atoms with Crippen molar-refractivity contribution in [2.24, 2.45) is 5.92 Å². The van der Waals surface area contributed by atoms with E-state index in [1.807, 2.05) is 0 Å². The zero-order valence-electron chi connectivity index (χ0n) is 17.2. The monoisotopic (exact) mass is 446 g/mol. The Labute approximate surface area is 186 Å². The molecule has 3 aliphatic rings. The van der Waals surface area contributed by atoms with Gasteiger partial charge in [0.25, 0.3) is 0 Å². The number of rotatable bonds is 10. The molecular weight excluding hydrogens is 416 g/mol. The number of hydrogen-bond donors (Lipinski definition) is 2. The second kappa shape index (κ2) is 10.4. The minimum Gasteiger partial charge on any atom is -0.302 e. The van der Waals surface area contributed by atoms with Crippen LogP contribution in [0.3, 0.4) is 0 Å². The lowest BCUT2D eigenvalue weighted by molar-refractivity contribution is -0.125. The fraction of sp³-hybridized carbons (Fsp3) is 0.609. The van der Waals surface area contributed by atoms with Gasteiger partial charge in [-0.05, 0) is 42.7 Å². The van der Waals surface area contributed by atoms with Gasteiger partial charge >= 0.3 is 0 Å². The third-order valence-corrected chi connectivity index (χ3v) is 8.94. The number of nitrogens with one attached hydrogen (secondary N) is 2. The molecule has 0 amide bonds. The van der Waals surface area contributed by atoms with E-state index in [1.54, 1.807) is 0 Å². The number of fused-ring (bicyclic) bond motifs is 1. The van der Waals surface area contributed by atoms with E-state index >= 15 is 0 Å². The van der Waals surface area contributed by atoms with Crippen LogP contribution < -0.4 is 10.6 Å². The number of carbonyl (C=O) groups is 3. The Balaban J connectivity index is 1.18. The quantitative estimate of drug-likeness (QED) is 0.423. The Morgan fingerprint density at radius 1 is 0.967 bits per heavy atom. The lowest BCUT2D eigenvalue weighted by Gasteiger charge is -2.21. The molecule has 4 rings (SSSR count). The molecule has 0 bridgehead atoms. The van der Waals surface area contributed by atoms with Crippen molar-refractivity contribution in [2.75, 3.05) is 11.8 Å². The third-order valence-electron chi connectivity index (χ3n) is 6.50. The summed E-state index contributed by atoms with van der Waals surface area (Å²) >= 11 is 3.00. The van der Waals surface area contributed by atoms with Gasteiger partial charge in [-0.2, -0.15) is 0 Å². The first kappa shape index (κ1) is 22.1. The Hall–Kier alpha value is -1.15. The summed E-state index contributed by atoms with van der Waals surface area (Å²) in [5.41, 5.74) is 3.01. The molecule has 5 nitrogen and oxygen atoms in total. The highest BCUT2D eigenvalue weighted by atomic mass is 32.2. The summed E-state index contributed by atoms with van der Waals surface area (Å²) in [6, 6.07) is 7.85. The van der Waals surface area contributed by atoms with E-state index in [2.05, 4.69) is 34.9 Å². The molecule has 7 heteroatoms. The van der Waals surface area contributed by atoms with Crippen molar-refractivity contribution in [1.82, 2.24) is 10.6 Å². The lowest BCUT2D eigenvalue weighted by Crippen LogP contribution is -2.49. The van der Waals surface area contributed by atoms with Crippen LogP contribution in [-0.2, 0) is 27.2 Å². The summed E-state index contributed by atoms with van der Waals surface area (Å²) in [4.78, 5) is 36.9. The molecule has 1 aliphatic carbocycles. The van der Waals surface area contributed by atoms with Crippen molar-refractivity contribution in [1.29, 1.82) is 0 Å². The maximum Gasteiger partial charge on any atom is 0.166 e. The maximum absolute atomic E-state index is 12.9. The molecule has 0 aromatic heterocycles. The molecule has 2 saturated heterocycles. The van der Waals surface area contributed by atoms with Crippen molar-refractivity contribution >= 4 is 41.4 Å². The number of carbonyl (C=O) groups excluding carboxylic acids is 3. The molecule has 2 heterocycles. The van der Waals surface area contributed by atoms with Gasteiger partial charge in [-0.15, -0.1) is 23.5 Å². The first-order valence-electron chi connectivity index (χ1n) is 11.0. The van der Waals surface area contributed by atoms with Gasteiger partial charge in [0, 0.05) is 18.2 Å².